The Kier molecular flexibility index (Phi) is 5.95. The number of anilines is 2. The quantitative estimate of drug-likeness (QED) is 0.610. The molecule has 2 aliphatic rings. The number of nitrogens with zero attached hydrogens (tertiary/aromatic N) is 3. The second kappa shape index (κ2) is 9.35. The zero-order valence-corrected chi connectivity index (χ0v) is 18.6. The topological polar surface area (TPSA) is 95.2 Å². The zero-order chi connectivity index (χ0) is 23.5. The Morgan fingerprint density at radius 2 is 1.82 bits per heavy atom. The van der Waals surface area contributed by atoms with Gasteiger partial charge in [-0.1, -0.05) is 30.3 Å². The Morgan fingerprint density at radius 1 is 0.971 bits per heavy atom. The Bertz CT molecular complexity index is 1250. The van der Waals surface area contributed by atoms with E-state index < -0.39 is 0 Å². The lowest BCUT2D eigenvalue weighted by atomic mass is 10.1. The molecular formula is C26H24N4O4. The largest absolute Gasteiger partial charge is 0.472 e. The minimum atomic E-state index is -0.232. The average Bonchev–Trinajstić information content (AvgIpc) is 3.63. The van der Waals surface area contributed by atoms with Gasteiger partial charge in [0.25, 0.3) is 5.91 Å². The molecule has 0 aliphatic carbocycles. The maximum absolute atomic E-state index is 12.6. The molecule has 3 amide bonds. The van der Waals surface area contributed by atoms with Crippen molar-refractivity contribution < 1.29 is 18.8 Å². The van der Waals surface area contributed by atoms with Crippen LogP contribution in [0.4, 0.5) is 11.4 Å². The molecule has 3 heterocycles. The monoisotopic (exact) mass is 456 g/mol. The summed E-state index contributed by atoms with van der Waals surface area (Å²) in [6.07, 6.45) is 4.50. The molecule has 2 aromatic carbocycles. The average molecular weight is 457 g/mol. The zero-order valence-electron chi connectivity index (χ0n) is 18.6. The SMILES string of the molecule is O=C(CCC(=O)N1CCC(c2ccccc2)=N1)Nc1ccc2c(c1)CCN2C(=O)c1ccoc1. The van der Waals surface area contributed by atoms with E-state index >= 15 is 0 Å². The van der Waals surface area contributed by atoms with Crippen LogP contribution < -0.4 is 10.2 Å². The second-order valence-electron chi connectivity index (χ2n) is 8.29. The van der Waals surface area contributed by atoms with Crippen LogP contribution in [0.3, 0.4) is 0 Å². The summed E-state index contributed by atoms with van der Waals surface area (Å²) in [5.41, 5.74) is 4.88. The summed E-state index contributed by atoms with van der Waals surface area (Å²) >= 11 is 0. The van der Waals surface area contributed by atoms with Crippen molar-refractivity contribution in [2.24, 2.45) is 5.10 Å². The van der Waals surface area contributed by atoms with Crippen LogP contribution in [-0.4, -0.2) is 41.5 Å². The van der Waals surface area contributed by atoms with Crippen molar-refractivity contribution in [3.63, 3.8) is 0 Å². The van der Waals surface area contributed by atoms with E-state index in [9.17, 15) is 14.4 Å². The second-order valence-corrected chi connectivity index (χ2v) is 8.29. The minimum absolute atomic E-state index is 0.0771. The molecule has 1 N–H and O–H groups in total. The fourth-order valence-corrected chi connectivity index (χ4v) is 4.28. The third kappa shape index (κ3) is 4.47. The van der Waals surface area contributed by atoms with Gasteiger partial charge < -0.3 is 14.6 Å². The van der Waals surface area contributed by atoms with E-state index in [-0.39, 0.29) is 30.6 Å². The smallest absolute Gasteiger partial charge is 0.261 e. The molecule has 1 aromatic heterocycles. The van der Waals surface area contributed by atoms with E-state index in [1.807, 2.05) is 42.5 Å². The normalized spacial score (nSPS) is 14.6. The van der Waals surface area contributed by atoms with Crippen LogP contribution >= 0.6 is 0 Å². The molecule has 0 saturated carbocycles. The molecule has 5 rings (SSSR count). The van der Waals surface area contributed by atoms with Gasteiger partial charge in [0.05, 0.1) is 24.1 Å². The predicted molar refractivity (Wildman–Crippen MR) is 128 cm³/mol. The van der Waals surface area contributed by atoms with Gasteiger partial charge in [-0.05, 0) is 41.8 Å². The number of benzene rings is 2. The maximum atomic E-state index is 12.6. The third-order valence-corrected chi connectivity index (χ3v) is 6.03. The van der Waals surface area contributed by atoms with E-state index in [0.29, 0.717) is 37.2 Å². The first-order chi connectivity index (χ1) is 16.6. The minimum Gasteiger partial charge on any atom is -0.472 e. The van der Waals surface area contributed by atoms with Gasteiger partial charge in [-0.2, -0.15) is 5.10 Å². The molecular weight excluding hydrogens is 432 g/mol. The molecule has 0 atom stereocenters. The first-order valence-electron chi connectivity index (χ1n) is 11.3. The summed E-state index contributed by atoms with van der Waals surface area (Å²) in [5.74, 6) is -0.504. The highest BCUT2D eigenvalue weighted by molar-refractivity contribution is 6.07. The Hall–Kier alpha value is -4.20. The van der Waals surface area contributed by atoms with Crippen LogP contribution in [0.15, 0.2) is 76.6 Å². The van der Waals surface area contributed by atoms with E-state index in [1.165, 1.54) is 17.5 Å². The van der Waals surface area contributed by atoms with Crippen molar-refractivity contribution in [1.29, 1.82) is 0 Å². The number of nitrogens with one attached hydrogen (secondary N) is 1. The molecule has 3 aromatic rings. The standard InChI is InChI=1S/C26H24N4O4/c31-24(8-9-25(32)30-14-11-22(28-30)18-4-2-1-3-5-18)27-21-6-7-23-19(16-21)10-13-29(23)26(33)20-12-15-34-17-20/h1-7,12,15-17H,8-11,13-14H2,(H,27,31). The highest BCUT2D eigenvalue weighted by Crippen LogP contribution is 2.31. The van der Waals surface area contributed by atoms with Crippen molar-refractivity contribution in [2.75, 3.05) is 23.3 Å². The van der Waals surface area contributed by atoms with Crippen LogP contribution in [0.2, 0.25) is 0 Å². The fourth-order valence-electron chi connectivity index (χ4n) is 4.28. The van der Waals surface area contributed by atoms with Gasteiger partial charge in [0.2, 0.25) is 11.8 Å². The Balaban J connectivity index is 1.15. The molecule has 8 heteroatoms. The number of rotatable bonds is 6. The van der Waals surface area contributed by atoms with Gasteiger partial charge in [0.15, 0.2) is 0 Å². The molecule has 0 fully saturated rings. The van der Waals surface area contributed by atoms with Crippen molar-refractivity contribution in [2.45, 2.75) is 25.7 Å². The molecule has 34 heavy (non-hydrogen) atoms. The Morgan fingerprint density at radius 3 is 2.62 bits per heavy atom. The number of furan rings is 1. The van der Waals surface area contributed by atoms with Gasteiger partial charge >= 0.3 is 0 Å². The van der Waals surface area contributed by atoms with Crippen LogP contribution in [0.25, 0.3) is 0 Å². The van der Waals surface area contributed by atoms with E-state index in [2.05, 4.69) is 10.4 Å². The number of hydrogen-bond acceptors (Lipinski definition) is 5. The first kappa shape index (κ1) is 21.6. The highest BCUT2D eigenvalue weighted by Gasteiger charge is 2.27. The third-order valence-electron chi connectivity index (χ3n) is 6.03. The van der Waals surface area contributed by atoms with Crippen molar-refractivity contribution in [3.8, 4) is 0 Å². The van der Waals surface area contributed by atoms with Gasteiger partial charge in [0.1, 0.15) is 6.26 Å². The molecule has 2 aliphatic heterocycles. The van der Waals surface area contributed by atoms with Gasteiger partial charge in [-0.25, -0.2) is 5.01 Å². The molecule has 0 bridgehead atoms. The molecule has 0 saturated heterocycles. The number of fused-ring (bicyclic) bond motifs is 1. The molecule has 0 spiro atoms. The van der Waals surface area contributed by atoms with Gasteiger partial charge in [-0.15, -0.1) is 0 Å². The lowest BCUT2D eigenvalue weighted by Gasteiger charge is -2.16. The Labute approximate surface area is 196 Å². The van der Waals surface area contributed by atoms with Crippen LogP contribution in [0.5, 0.6) is 0 Å². The van der Waals surface area contributed by atoms with Crippen molar-refractivity contribution >= 4 is 34.8 Å². The number of carbonyl (C=O) groups excluding carboxylic acids is 3. The summed E-state index contributed by atoms with van der Waals surface area (Å²) in [4.78, 5) is 39.3. The van der Waals surface area contributed by atoms with Gasteiger partial charge in [-0.3, -0.25) is 14.4 Å². The van der Waals surface area contributed by atoms with Gasteiger partial charge in [0, 0.05) is 37.2 Å². The molecule has 0 unspecified atom stereocenters. The van der Waals surface area contributed by atoms with Crippen molar-refractivity contribution in [3.05, 3.63) is 83.8 Å². The fraction of sp³-hybridized carbons (Fsp3) is 0.231. The number of carbonyl (C=O) groups is 3. The summed E-state index contributed by atoms with van der Waals surface area (Å²) < 4.78 is 5.01. The number of hydrogen-bond donors (Lipinski definition) is 1. The van der Waals surface area contributed by atoms with Crippen LogP contribution in [-0.2, 0) is 16.0 Å². The first-order valence-corrected chi connectivity index (χ1v) is 11.3. The van der Waals surface area contributed by atoms with Crippen LogP contribution in [0.1, 0.15) is 40.7 Å². The molecule has 172 valence electrons. The lowest BCUT2D eigenvalue weighted by Crippen LogP contribution is -2.28. The van der Waals surface area contributed by atoms with E-state index in [4.69, 9.17) is 4.42 Å². The molecule has 0 radical (unpaired) electrons. The number of hydrazone groups is 1. The number of amides is 3. The van der Waals surface area contributed by atoms with Crippen molar-refractivity contribution in [1.82, 2.24) is 5.01 Å². The summed E-state index contributed by atoms with van der Waals surface area (Å²) in [7, 11) is 0. The molecule has 8 nitrogen and oxygen atoms in total. The van der Waals surface area contributed by atoms with E-state index in [0.717, 1.165) is 22.5 Å². The summed E-state index contributed by atoms with van der Waals surface area (Å²) in [6, 6.07) is 16.9. The highest BCUT2D eigenvalue weighted by atomic mass is 16.3. The summed E-state index contributed by atoms with van der Waals surface area (Å²) in [5, 5.41) is 8.74. The summed E-state index contributed by atoms with van der Waals surface area (Å²) in [6.45, 7) is 1.11. The maximum Gasteiger partial charge on any atom is 0.261 e. The lowest BCUT2D eigenvalue weighted by molar-refractivity contribution is -0.132. The van der Waals surface area contributed by atoms with E-state index in [1.54, 1.807) is 17.0 Å². The van der Waals surface area contributed by atoms with Crippen LogP contribution in [0, 0.1) is 0 Å². The predicted octanol–water partition coefficient (Wildman–Crippen LogP) is 3.84.